The average molecular weight is 578 g/mol. The summed E-state index contributed by atoms with van der Waals surface area (Å²) in [7, 11) is 3.16. The van der Waals surface area contributed by atoms with Gasteiger partial charge in [0.2, 0.25) is 12.0 Å². The van der Waals surface area contributed by atoms with E-state index in [1.54, 1.807) is 56.8 Å². The third-order valence-electron chi connectivity index (χ3n) is 7.65. The second-order valence-electron chi connectivity index (χ2n) is 10.2. The van der Waals surface area contributed by atoms with Crippen LogP contribution in [0.4, 0.5) is 5.69 Å². The molecule has 1 aliphatic heterocycles. The quantitative estimate of drug-likeness (QED) is 0.110. The van der Waals surface area contributed by atoms with Crippen LogP contribution in [-0.2, 0) is 11.3 Å². The number of rotatable bonds is 12. The second kappa shape index (κ2) is 13.0. The van der Waals surface area contributed by atoms with Crippen LogP contribution in [0.3, 0.4) is 0 Å². The third kappa shape index (κ3) is 6.36. The molecule has 11 nitrogen and oxygen atoms in total. The number of nitro benzene ring substituents is 1. The fourth-order valence-corrected chi connectivity index (χ4v) is 5.39. The van der Waals surface area contributed by atoms with Crippen molar-refractivity contribution in [3.63, 3.8) is 0 Å². The van der Waals surface area contributed by atoms with E-state index < -0.39 is 4.92 Å². The summed E-state index contributed by atoms with van der Waals surface area (Å²) >= 11 is 0. The Morgan fingerprint density at radius 1 is 1.05 bits per heavy atom. The molecule has 2 aliphatic rings. The molecular weight excluding hydrogens is 542 g/mol. The number of hydrogen-bond donors (Lipinski definition) is 0. The summed E-state index contributed by atoms with van der Waals surface area (Å²) in [6.45, 7) is 3.05. The maximum Gasteiger partial charge on any atom is 0.315 e. The summed E-state index contributed by atoms with van der Waals surface area (Å²) in [4.78, 5) is 11.3. The molecule has 3 atom stereocenters. The van der Waals surface area contributed by atoms with Crippen molar-refractivity contribution in [3.8, 4) is 28.7 Å². The van der Waals surface area contributed by atoms with Crippen LogP contribution >= 0.6 is 0 Å². The summed E-state index contributed by atoms with van der Waals surface area (Å²) in [5, 5.41) is 24.8. The first-order valence-corrected chi connectivity index (χ1v) is 14.0. The molecule has 5 rings (SSSR count). The number of benzene rings is 2. The van der Waals surface area contributed by atoms with Crippen LogP contribution < -0.4 is 18.9 Å². The van der Waals surface area contributed by atoms with Gasteiger partial charge < -0.3 is 33.5 Å². The molecule has 2 aromatic carbocycles. The highest BCUT2D eigenvalue weighted by Crippen LogP contribution is 2.36. The number of aromatic nitrogens is 1. The number of allylic oxidation sites excluding steroid dienone is 1. The van der Waals surface area contributed by atoms with Gasteiger partial charge in [-0.05, 0) is 67.8 Å². The summed E-state index contributed by atoms with van der Waals surface area (Å²) in [5.41, 5.74) is 1.27. The summed E-state index contributed by atoms with van der Waals surface area (Å²) in [6, 6.07) is 13.3. The molecule has 0 fully saturated rings. The van der Waals surface area contributed by atoms with Crippen LogP contribution in [0, 0.1) is 21.2 Å². The summed E-state index contributed by atoms with van der Waals surface area (Å²) in [5.74, 6) is 2.19. The molecule has 1 aromatic heterocycles. The van der Waals surface area contributed by atoms with Gasteiger partial charge in [-0.2, -0.15) is 4.74 Å². The summed E-state index contributed by atoms with van der Waals surface area (Å²) < 4.78 is 31.8. The Morgan fingerprint density at radius 3 is 2.52 bits per heavy atom. The number of hydroxylamine groups is 1. The Kier molecular flexibility index (Phi) is 8.97. The molecule has 0 N–H and O–H groups in total. The van der Waals surface area contributed by atoms with Gasteiger partial charge >= 0.3 is 5.69 Å². The second-order valence-corrected chi connectivity index (χ2v) is 10.2. The lowest BCUT2D eigenvalue weighted by atomic mass is 9.89. The van der Waals surface area contributed by atoms with Crippen molar-refractivity contribution in [1.82, 2.24) is 4.57 Å². The highest BCUT2D eigenvalue weighted by atomic mass is 16.6. The van der Waals surface area contributed by atoms with Crippen LogP contribution in [-0.4, -0.2) is 53.5 Å². The third-order valence-corrected chi connectivity index (χ3v) is 7.65. The van der Waals surface area contributed by atoms with Crippen LogP contribution in [0.1, 0.15) is 38.3 Å². The summed E-state index contributed by atoms with van der Waals surface area (Å²) in [6.07, 6.45) is 8.02. The van der Waals surface area contributed by atoms with Gasteiger partial charge in [0.15, 0.2) is 5.70 Å². The normalized spacial score (nSPS) is 18.5. The van der Waals surface area contributed by atoms with Crippen LogP contribution in [0.25, 0.3) is 0 Å². The first-order chi connectivity index (χ1) is 20.4. The lowest BCUT2D eigenvalue weighted by Crippen LogP contribution is -2.34. The fourth-order valence-electron chi connectivity index (χ4n) is 5.39. The molecule has 0 bridgehead atoms. The Hall–Kier alpha value is -4.51. The Balaban J connectivity index is 1.21. The van der Waals surface area contributed by atoms with E-state index in [9.17, 15) is 15.3 Å². The molecule has 0 saturated heterocycles. The predicted octanol–water partition coefficient (Wildman–Crippen LogP) is 6.08. The lowest BCUT2D eigenvalue weighted by molar-refractivity contribution is -0.409. The molecule has 1 aliphatic carbocycles. The van der Waals surface area contributed by atoms with E-state index in [-0.39, 0.29) is 29.6 Å². The van der Waals surface area contributed by atoms with Crippen molar-refractivity contribution in [2.75, 3.05) is 20.8 Å². The van der Waals surface area contributed by atoms with Crippen molar-refractivity contribution < 1.29 is 33.3 Å². The van der Waals surface area contributed by atoms with E-state index in [0.29, 0.717) is 54.7 Å². The molecule has 0 radical (unpaired) electrons. The van der Waals surface area contributed by atoms with Crippen molar-refractivity contribution in [1.29, 1.82) is 0 Å². The van der Waals surface area contributed by atoms with Crippen molar-refractivity contribution >= 4 is 11.9 Å². The van der Waals surface area contributed by atoms with Gasteiger partial charge in [0.1, 0.15) is 34.8 Å². The van der Waals surface area contributed by atoms with Gasteiger partial charge in [0.25, 0.3) is 0 Å². The Morgan fingerprint density at radius 2 is 1.81 bits per heavy atom. The molecule has 2 unspecified atom stereocenters. The molecule has 11 heteroatoms. The molecule has 0 saturated carbocycles. The molecule has 2 heterocycles. The zero-order valence-electron chi connectivity index (χ0n) is 23.9. The number of methoxy groups -OCH3 is 2. The minimum absolute atomic E-state index is 0.0900. The zero-order valence-corrected chi connectivity index (χ0v) is 23.9. The minimum atomic E-state index is -0.487. The molecule has 42 heavy (non-hydrogen) atoms. The van der Waals surface area contributed by atoms with Gasteiger partial charge in [-0.25, -0.2) is 0 Å². The Bertz CT molecular complexity index is 1460. The van der Waals surface area contributed by atoms with Gasteiger partial charge in [-0.1, -0.05) is 6.92 Å². The van der Waals surface area contributed by atoms with Crippen molar-refractivity contribution in [3.05, 3.63) is 87.5 Å². The molecule has 0 spiro atoms. The van der Waals surface area contributed by atoms with Gasteiger partial charge in [-0.15, -0.1) is 0 Å². The van der Waals surface area contributed by atoms with E-state index in [0.717, 1.165) is 23.3 Å². The average Bonchev–Trinajstić information content (AvgIpc) is 3.31. The van der Waals surface area contributed by atoms with Crippen LogP contribution in [0.2, 0.25) is 0 Å². The zero-order chi connectivity index (χ0) is 29.6. The number of nitro groups is 1. The van der Waals surface area contributed by atoms with E-state index in [1.807, 2.05) is 29.8 Å². The Labute approximate surface area is 244 Å². The predicted molar refractivity (Wildman–Crippen MR) is 156 cm³/mol. The van der Waals surface area contributed by atoms with E-state index >= 15 is 0 Å². The molecule has 3 aromatic rings. The highest BCUT2D eigenvalue weighted by molar-refractivity contribution is 5.78. The maximum absolute atomic E-state index is 13.0. The van der Waals surface area contributed by atoms with Gasteiger partial charge in [-0.3, -0.25) is 10.1 Å². The standard InChI is InChI=1S/C31H35N3O8/c1-4-21(41-24-12-13-31(27(18-24)34(36)37)42-23-10-8-22(38-2)9-11-23)15-17-40-29-7-5-6-26-25(29)19-32-16-14-30(39-3)28(32)20-33(26)35/h6,8-14,16,18,20-21,25,29H,4-5,7,15,17,19H2,1-3H3/t21?,25-,29?/m0/s1. The number of ether oxygens (including phenoxy) is 5. The largest absolute Gasteiger partial charge is 0.618 e. The SMILES string of the molecule is CCC(CCOC1CCC=C2[C@@H]1Cn1ccc(OC)c1C=[N+]2[O-])Oc1ccc(Oc2ccc(OC)cc2)c([N+](=O)[O-])c1. The first kappa shape index (κ1) is 29.0. The molecular formula is C31H35N3O8. The van der Waals surface area contributed by atoms with Crippen LogP contribution in [0.15, 0.2) is 66.5 Å². The molecule has 222 valence electrons. The minimum Gasteiger partial charge on any atom is -0.618 e. The van der Waals surface area contributed by atoms with Gasteiger partial charge in [0.05, 0.1) is 43.8 Å². The molecule has 0 amide bonds. The monoisotopic (exact) mass is 577 g/mol. The topological polar surface area (TPSA) is 120 Å². The number of fused-ring (bicyclic) bond motifs is 2. The van der Waals surface area contributed by atoms with Crippen molar-refractivity contribution in [2.45, 2.75) is 51.4 Å². The highest BCUT2D eigenvalue weighted by Gasteiger charge is 2.37. The van der Waals surface area contributed by atoms with E-state index in [2.05, 4.69) is 0 Å². The van der Waals surface area contributed by atoms with E-state index in [1.165, 1.54) is 6.07 Å². The number of nitrogens with zero attached hydrogens (tertiary/aromatic N) is 3. The maximum atomic E-state index is 13.0. The lowest BCUT2D eigenvalue weighted by Gasteiger charge is -2.30. The van der Waals surface area contributed by atoms with Gasteiger partial charge in [0, 0.05) is 19.2 Å². The smallest absolute Gasteiger partial charge is 0.315 e. The first-order valence-electron chi connectivity index (χ1n) is 14.0. The number of hydrogen-bond acceptors (Lipinski definition) is 8. The van der Waals surface area contributed by atoms with Crippen LogP contribution in [0.5, 0.6) is 28.7 Å². The fraction of sp³-hybridized carbons (Fsp3) is 0.387. The van der Waals surface area contributed by atoms with E-state index in [4.69, 9.17) is 23.7 Å². The van der Waals surface area contributed by atoms with Crippen molar-refractivity contribution in [2.24, 2.45) is 5.92 Å².